The van der Waals surface area contributed by atoms with E-state index in [1.54, 1.807) is 0 Å². The van der Waals surface area contributed by atoms with Gasteiger partial charge in [0.15, 0.2) is 0 Å². The molecule has 0 heterocycles. The van der Waals surface area contributed by atoms with Gasteiger partial charge in [-0.25, -0.2) is 4.57 Å². The molecule has 0 unspecified atom stereocenters. The van der Waals surface area contributed by atoms with Gasteiger partial charge in [-0.1, -0.05) is 64.7 Å². The summed E-state index contributed by atoms with van der Waals surface area (Å²) in [7, 11) is -4.26. The van der Waals surface area contributed by atoms with Gasteiger partial charge in [0, 0.05) is 0 Å². The van der Waals surface area contributed by atoms with Gasteiger partial charge in [-0.05, 0) is 31.1 Å². The van der Waals surface area contributed by atoms with Crippen LogP contribution in [0, 0.1) is 5.41 Å². The van der Waals surface area contributed by atoms with Crippen molar-refractivity contribution in [3.63, 3.8) is 0 Å². The Kier molecular flexibility index (Phi) is 9.12. The Labute approximate surface area is 129 Å². The Bertz CT molecular complexity index is 307. The van der Waals surface area contributed by atoms with Gasteiger partial charge in [0.25, 0.3) is 0 Å². The highest BCUT2D eigenvalue weighted by atomic mass is 31.2. The molecule has 5 heteroatoms. The van der Waals surface area contributed by atoms with Crippen LogP contribution in [0.5, 0.6) is 0 Å². The second-order valence-electron chi connectivity index (χ2n) is 6.61. The lowest BCUT2D eigenvalue weighted by Gasteiger charge is -2.36. The van der Waals surface area contributed by atoms with Crippen molar-refractivity contribution < 1.29 is 18.9 Å². The molecular weight excluding hydrogens is 287 g/mol. The average Bonchev–Trinajstić information content (AvgIpc) is 2.45. The molecule has 21 heavy (non-hydrogen) atoms. The first-order valence-electron chi connectivity index (χ1n) is 8.68. The van der Waals surface area contributed by atoms with Crippen LogP contribution < -0.4 is 0 Å². The number of hydrogen-bond acceptors (Lipinski definition) is 2. The Hall–Kier alpha value is 0.110. The Morgan fingerprint density at radius 2 is 1.52 bits per heavy atom. The smallest absolute Gasteiger partial charge is 0.303 e. The lowest BCUT2D eigenvalue weighted by molar-refractivity contribution is 0.159. The highest BCUT2D eigenvalue weighted by Crippen LogP contribution is 2.43. The zero-order chi connectivity index (χ0) is 15.6. The van der Waals surface area contributed by atoms with Gasteiger partial charge < -0.3 is 9.79 Å². The molecular formula is C16H33O4P. The van der Waals surface area contributed by atoms with Crippen LogP contribution >= 0.6 is 7.82 Å². The molecule has 1 saturated carbocycles. The number of rotatable bonds is 11. The SMILES string of the molecule is CCC1(CCCCCCCCOP(=O)(O)O)CCCCC1. The minimum absolute atomic E-state index is 0.170. The Morgan fingerprint density at radius 3 is 2.10 bits per heavy atom. The highest BCUT2D eigenvalue weighted by molar-refractivity contribution is 7.46. The molecule has 1 rings (SSSR count). The van der Waals surface area contributed by atoms with Gasteiger partial charge in [0.05, 0.1) is 6.61 Å². The molecule has 4 nitrogen and oxygen atoms in total. The summed E-state index contributed by atoms with van der Waals surface area (Å²) in [6.07, 6.45) is 16.6. The number of phosphoric acid groups is 1. The summed E-state index contributed by atoms with van der Waals surface area (Å²) in [6.45, 7) is 2.52. The zero-order valence-corrected chi connectivity index (χ0v) is 14.5. The van der Waals surface area contributed by atoms with Crippen LogP contribution in [0.3, 0.4) is 0 Å². The summed E-state index contributed by atoms with van der Waals surface area (Å²) in [4.78, 5) is 17.1. The monoisotopic (exact) mass is 320 g/mol. The lowest BCUT2D eigenvalue weighted by atomic mass is 9.69. The van der Waals surface area contributed by atoms with Crippen LogP contribution in [0.1, 0.15) is 90.4 Å². The predicted octanol–water partition coefficient (Wildman–Crippen LogP) is 5.19. The highest BCUT2D eigenvalue weighted by Gasteiger charge is 2.29. The molecule has 1 aliphatic carbocycles. The molecule has 0 saturated heterocycles. The van der Waals surface area contributed by atoms with Gasteiger partial charge in [-0.3, -0.25) is 4.52 Å². The van der Waals surface area contributed by atoms with E-state index in [1.807, 2.05) is 0 Å². The summed E-state index contributed by atoms with van der Waals surface area (Å²) in [5.41, 5.74) is 0.648. The maximum Gasteiger partial charge on any atom is 0.469 e. The van der Waals surface area contributed by atoms with Crippen LogP contribution in [-0.4, -0.2) is 16.4 Å². The molecule has 0 aromatic heterocycles. The van der Waals surface area contributed by atoms with Crippen molar-refractivity contribution in [2.24, 2.45) is 5.41 Å². The standard InChI is InChI=1S/C16H33O4P/c1-2-16(13-9-7-10-14-16)12-8-5-3-4-6-11-15-20-21(17,18)19/h2-15H2,1H3,(H2,17,18,19). The van der Waals surface area contributed by atoms with Crippen LogP contribution in [0.2, 0.25) is 0 Å². The van der Waals surface area contributed by atoms with E-state index in [9.17, 15) is 4.57 Å². The Balaban J connectivity index is 1.95. The van der Waals surface area contributed by atoms with Crippen molar-refractivity contribution in [2.75, 3.05) is 6.61 Å². The van der Waals surface area contributed by atoms with Crippen LogP contribution in [0.25, 0.3) is 0 Å². The molecule has 0 amide bonds. The first-order chi connectivity index (χ1) is 9.97. The second-order valence-corrected chi connectivity index (χ2v) is 7.85. The molecule has 0 spiro atoms. The molecule has 0 aromatic rings. The summed E-state index contributed by atoms with van der Waals surface area (Å²) in [5, 5.41) is 0. The zero-order valence-electron chi connectivity index (χ0n) is 13.6. The van der Waals surface area contributed by atoms with E-state index in [0.29, 0.717) is 5.41 Å². The molecule has 0 atom stereocenters. The third-order valence-corrected chi connectivity index (χ3v) is 5.54. The normalized spacial score (nSPS) is 18.8. The van der Waals surface area contributed by atoms with E-state index in [0.717, 1.165) is 19.3 Å². The predicted molar refractivity (Wildman–Crippen MR) is 86.1 cm³/mol. The first-order valence-corrected chi connectivity index (χ1v) is 10.2. The molecule has 1 fully saturated rings. The quantitative estimate of drug-likeness (QED) is 0.406. The maximum absolute atomic E-state index is 10.5. The topological polar surface area (TPSA) is 66.8 Å². The van der Waals surface area contributed by atoms with Crippen molar-refractivity contribution in [1.29, 1.82) is 0 Å². The molecule has 2 N–H and O–H groups in total. The molecule has 0 aromatic carbocycles. The fourth-order valence-corrected chi connectivity index (χ4v) is 3.94. The van der Waals surface area contributed by atoms with Gasteiger partial charge in [-0.2, -0.15) is 0 Å². The molecule has 0 radical (unpaired) electrons. The van der Waals surface area contributed by atoms with E-state index < -0.39 is 7.82 Å². The van der Waals surface area contributed by atoms with E-state index >= 15 is 0 Å². The Morgan fingerprint density at radius 1 is 0.952 bits per heavy atom. The number of hydrogen-bond donors (Lipinski definition) is 2. The maximum atomic E-state index is 10.5. The average molecular weight is 320 g/mol. The summed E-state index contributed by atoms with van der Waals surface area (Å²) >= 11 is 0. The van der Waals surface area contributed by atoms with Crippen LogP contribution in [-0.2, 0) is 9.09 Å². The van der Waals surface area contributed by atoms with E-state index in [1.165, 1.54) is 64.2 Å². The van der Waals surface area contributed by atoms with Crippen molar-refractivity contribution in [2.45, 2.75) is 90.4 Å². The molecule has 126 valence electrons. The first kappa shape index (κ1) is 19.2. The second kappa shape index (κ2) is 9.99. The lowest BCUT2D eigenvalue weighted by Crippen LogP contribution is -2.23. The summed E-state index contributed by atoms with van der Waals surface area (Å²) < 4.78 is 14.9. The third-order valence-electron chi connectivity index (χ3n) is 5.03. The van der Waals surface area contributed by atoms with Gasteiger partial charge in [0.2, 0.25) is 0 Å². The van der Waals surface area contributed by atoms with Crippen molar-refractivity contribution >= 4 is 7.82 Å². The summed E-state index contributed by atoms with van der Waals surface area (Å²) in [6, 6.07) is 0. The van der Waals surface area contributed by atoms with Gasteiger partial charge in [-0.15, -0.1) is 0 Å². The van der Waals surface area contributed by atoms with E-state index in [-0.39, 0.29) is 6.61 Å². The summed E-state index contributed by atoms with van der Waals surface area (Å²) in [5.74, 6) is 0. The van der Waals surface area contributed by atoms with Crippen molar-refractivity contribution in [3.8, 4) is 0 Å². The molecule has 0 bridgehead atoms. The van der Waals surface area contributed by atoms with E-state index in [2.05, 4.69) is 11.4 Å². The van der Waals surface area contributed by atoms with Crippen molar-refractivity contribution in [3.05, 3.63) is 0 Å². The molecule has 1 aliphatic rings. The van der Waals surface area contributed by atoms with Crippen LogP contribution in [0.15, 0.2) is 0 Å². The van der Waals surface area contributed by atoms with Crippen molar-refractivity contribution in [1.82, 2.24) is 0 Å². The van der Waals surface area contributed by atoms with Gasteiger partial charge >= 0.3 is 7.82 Å². The minimum atomic E-state index is -4.26. The van der Waals surface area contributed by atoms with Gasteiger partial charge in [0.1, 0.15) is 0 Å². The number of phosphoric ester groups is 1. The number of unbranched alkanes of at least 4 members (excludes halogenated alkanes) is 5. The largest absolute Gasteiger partial charge is 0.469 e. The molecule has 0 aliphatic heterocycles. The third kappa shape index (κ3) is 8.97. The fraction of sp³-hybridized carbons (Fsp3) is 1.00. The van der Waals surface area contributed by atoms with E-state index in [4.69, 9.17) is 9.79 Å². The minimum Gasteiger partial charge on any atom is -0.303 e. The van der Waals surface area contributed by atoms with Crippen LogP contribution in [0.4, 0.5) is 0 Å². The fourth-order valence-electron chi connectivity index (χ4n) is 3.57.